The predicted octanol–water partition coefficient (Wildman–Crippen LogP) is 2.68. The number of pyridine rings is 1. The highest BCUT2D eigenvalue weighted by atomic mass is 16.4. The van der Waals surface area contributed by atoms with Crippen LogP contribution in [0.4, 0.5) is 10.5 Å². The smallest absolute Gasteiger partial charge is 0.356 e. The molecule has 1 aliphatic rings. The summed E-state index contributed by atoms with van der Waals surface area (Å²) in [6.07, 6.45) is 3.38. The largest absolute Gasteiger partial charge is 0.476 e. The monoisotopic (exact) mass is 291 g/mol. The summed E-state index contributed by atoms with van der Waals surface area (Å²) in [5.41, 5.74) is 0.101. The van der Waals surface area contributed by atoms with Crippen LogP contribution in [0.25, 0.3) is 0 Å². The van der Waals surface area contributed by atoms with Crippen molar-refractivity contribution in [2.75, 3.05) is 18.4 Å². The van der Waals surface area contributed by atoms with Crippen LogP contribution < -0.4 is 5.32 Å². The molecule has 0 spiro atoms. The predicted molar refractivity (Wildman–Crippen MR) is 79.4 cm³/mol. The molecule has 114 valence electrons. The molecule has 1 aromatic heterocycles. The van der Waals surface area contributed by atoms with Gasteiger partial charge in [-0.25, -0.2) is 14.6 Å². The molecule has 0 aromatic carbocycles. The Labute approximate surface area is 124 Å². The van der Waals surface area contributed by atoms with Crippen LogP contribution >= 0.6 is 0 Å². The van der Waals surface area contributed by atoms with Gasteiger partial charge in [0.2, 0.25) is 0 Å². The quantitative estimate of drug-likeness (QED) is 0.897. The van der Waals surface area contributed by atoms with E-state index in [-0.39, 0.29) is 17.4 Å². The second-order valence-electron chi connectivity index (χ2n) is 5.70. The van der Waals surface area contributed by atoms with Crippen LogP contribution in [0.1, 0.15) is 37.2 Å². The molecule has 6 nitrogen and oxygen atoms in total. The van der Waals surface area contributed by atoms with Gasteiger partial charge in [-0.2, -0.15) is 0 Å². The second kappa shape index (κ2) is 6.56. The van der Waals surface area contributed by atoms with Crippen LogP contribution in [-0.2, 0) is 0 Å². The molecule has 0 aliphatic carbocycles. The fraction of sp³-hybridized carbons (Fsp3) is 0.533. The van der Waals surface area contributed by atoms with E-state index >= 15 is 0 Å². The van der Waals surface area contributed by atoms with E-state index < -0.39 is 5.97 Å². The first-order valence-electron chi connectivity index (χ1n) is 7.23. The third-order valence-electron chi connectivity index (χ3n) is 4.02. The van der Waals surface area contributed by atoms with Crippen molar-refractivity contribution < 1.29 is 14.7 Å². The number of hydrogen-bond donors (Lipinski definition) is 2. The Bertz CT molecular complexity index is 523. The van der Waals surface area contributed by atoms with Gasteiger partial charge in [0.05, 0.1) is 5.69 Å². The number of amides is 2. The SMILES string of the molecule is CC(C)C1CCN(C(=O)Nc2cccnc2C(=O)O)CC1. The molecule has 6 heteroatoms. The normalized spacial score (nSPS) is 16.0. The molecule has 0 bridgehead atoms. The summed E-state index contributed by atoms with van der Waals surface area (Å²) >= 11 is 0. The Hall–Kier alpha value is -2.11. The average Bonchev–Trinajstić information content (AvgIpc) is 2.47. The second-order valence-corrected chi connectivity index (χ2v) is 5.70. The van der Waals surface area contributed by atoms with Crippen LogP contribution in [0.2, 0.25) is 0 Å². The molecule has 2 rings (SSSR count). The fourth-order valence-electron chi connectivity index (χ4n) is 2.64. The first kappa shape index (κ1) is 15.3. The zero-order valence-corrected chi connectivity index (χ0v) is 12.4. The minimum Gasteiger partial charge on any atom is -0.476 e. The van der Waals surface area contributed by atoms with Gasteiger partial charge < -0.3 is 15.3 Å². The van der Waals surface area contributed by atoms with Crippen molar-refractivity contribution in [2.24, 2.45) is 11.8 Å². The summed E-state index contributed by atoms with van der Waals surface area (Å²) in [4.78, 5) is 28.8. The highest BCUT2D eigenvalue weighted by Crippen LogP contribution is 2.25. The van der Waals surface area contributed by atoms with Crippen molar-refractivity contribution in [3.8, 4) is 0 Å². The van der Waals surface area contributed by atoms with Crippen molar-refractivity contribution in [1.82, 2.24) is 9.88 Å². The number of rotatable bonds is 3. The number of nitrogens with one attached hydrogen (secondary N) is 1. The van der Waals surface area contributed by atoms with E-state index in [4.69, 9.17) is 5.11 Å². The summed E-state index contributed by atoms with van der Waals surface area (Å²) in [7, 11) is 0. The lowest BCUT2D eigenvalue weighted by Gasteiger charge is -2.33. The fourth-order valence-corrected chi connectivity index (χ4v) is 2.64. The molecular formula is C15H21N3O3. The summed E-state index contributed by atoms with van der Waals surface area (Å²) < 4.78 is 0. The highest BCUT2D eigenvalue weighted by Gasteiger charge is 2.25. The number of aromatic carboxylic acids is 1. The molecule has 21 heavy (non-hydrogen) atoms. The van der Waals surface area contributed by atoms with Gasteiger partial charge in [0, 0.05) is 19.3 Å². The Kier molecular flexibility index (Phi) is 4.77. The maximum atomic E-state index is 12.2. The van der Waals surface area contributed by atoms with E-state index in [0.717, 1.165) is 12.8 Å². The maximum absolute atomic E-state index is 12.2. The molecule has 0 unspecified atom stereocenters. The lowest BCUT2D eigenvalue weighted by molar-refractivity contribution is 0.0691. The highest BCUT2D eigenvalue weighted by molar-refractivity contribution is 5.98. The number of aromatic nitrogens is 1. The van der Waals surface area contributed by atoms with E-state index in [1.54, 1.807) is 17.0 Å². The number of urea groups is 1. The Morgan fingerprint density at radius 3 is 2.62 bits per heavy atom. The first-order chi connectivity index (χ1) is 9.99. The minimum absolute atomic E-state index is 0.136. The Morgan fingerprint density at radius 1 is 1.38 bits per heavy atom. The molecular weight excluding hydrogens is 270 g/mol. The molecule has 1 saturated heterocycles. The average molecular weight is 291 g/mol. The third-order valence-corrected chi connectivity index (χ3v) is 4.02. The van der Waals surface area contributed by atoms with E-state index in [1.807, 2.05) is 0 Å². The van der Waals surface area contributed by atoms with E-state index in [0.29, 0.717) is 24.9 Å². The summed E-state index contributed by atoms with van der Waals surface area (Å²) in [5.74, 6) is 0.138. The Morgan fingerprint density at radius 2 is 2.05 bits per heavy atom. The molecule has 2 heterocycles. The van der Waals surface area contributed by atoms with Crippen molar-refractivity contribution in [2.45, 2.75) is 26.7 Å². The van der Waals surface area contributed by atoms with Gasteiger partial charge in [-0.15, -0.1) is 0 Å². The molecule has 1 fully saturated rings. The molecule has 2 amide bonds. The van der Waals surface area contributed by atoms with Gasteiger partial charge in [0.15, 0.2) is 5.69 Å². The zero-order chi connectivity index (χ0) is 15.4. The van der Waals surface area contributed by atoms with Gasteiger partial charge in [-0.3, -0.25) is 0 Å². The molecule has 2 N–H and O–H groups in total. The number of hydrogen-bond acceptors (Lipinski definition) is 3. The molecule has 0 radical (unpaired) electrons. The van der Waals surface area contributed by atoms with Gasteiger partial charge in [0.25, 0.3) is 0 Å². The zero-order valence-electron chi connectivity index (χ0n) is 12.4. The number of carbonyl (C=O) groups excluding carboxylic acids is 1. The van der Waals surface area contributed by atoms with Gasteiger partial charge in [-0.05, 0) is 36.8 Å². The van der Waals surface area contributed by atoms with Crippen molar-refractivity contribution in [1.29, 1.82) is 0 Å². The summed E-state index contributed by atoms with van der Waals surface area (Å²) in [6.45, 7) is 5.82. The van der Waals surface area contributed by atoms with E-state index in [2.05, 4.69) is 24.1 Å². The standard InChI is InChI=1S/C15H21N3O3/c1-10(2)11-5-8-18(9-6-11)15(21)17-12-4-3-7-16-13(12)14(19)20/h3-4,7,10-11H,5-6,8-9H2,1-2H3,(H,17,21)(H,19,20). The summed E-state index contributed by atoms with van der Waals surface area (Å²) in [6, 6.07) is 2.90. The number of likely N-dealkylation sites (tertiary alicyclic amines) is 1. The number of piperidine rings is 1. The number of carboxylic acid groups (broad SMARTS) is 1. The van der Waals surface area contributed by atoms with Crippen LogP contribution in [0.3, 0.4) is 0 Å². The minimum atomic E-state index is -1.15. The van der Waals surface area contributed by atoms with E-state index in [1.165, 1.54) is 6.20 Å². The van der Waals surface area contributed by atoms with Gasteiger partial charge >= 0.3 is 12.0 Å². The van der Waals surface area contributed by atoms with Gasteiger partial charge in [0.1, 0.15) is 0 Å². The number of anilines is 1. The van der Waals surface area contributed by atoms with Crippen molar-refractivity contribution >= 4 is 17.7 Å². The number of carbonyl (C=O) groups is 2. The lowest BCUT2D eigenvalue weighted by atomic mass is 9.87. The van der Waals surface area contributed by atoms with Gasteiger partial charge in [-0.1, -0.05) is 13.8 Å². The van der Waals surface area contributed by atoms with Crippen LogP contribution in [0, 0.1) is 11.8 Å². The maximum Gasteiger partial charge on any atom is 0.356 e. The Balaban J connectivity index is 1.98. The number of nitrogens with zero attached hydrogens (tertiary/aromatic N) is 2. The lowest BCUT2D eigenvalue weighted by Crippen LogP contribution is -2.42. The molecule has 0 saturated carbocycles. The topological polar surface area (TPSA) is 82.5 Å². The van der Waals surface area contributed by atoms with E-state index in [9.17, 15) is 9.59 Å². The first-order valence-corrected chi connectivity index (χ1v) is 7.23. The number of carboxylic acids is 1. The van der Waals surface area contributed by atoms with Crippen LogP contribution in [0.15, 0.2) is 18.3 Å². The van der Waals surface area contributed by atoms with Crippen molar-refractivity contribution in [3.63, 3.8) is 0 Å². The molecule has 1 aromatic rings. The molecule has 0 atom stereocenters. The molecule has 1 aliphatic heterocycles. The van der Waals surface area contributed by atoms with Crippen molar-refractivity contribution in [3.05, 3.63) is 24.0 Å². The summed E-state index contributed by atoms with van der Waals surface area (Å²) in [5, 5.41) is 11.7. The van der Waals surface area contributed by atoms with Crippen LogP contribution in [-0.4, -0.2) is 40.1 Å². The third kappa shape index (κ3) is 3.71. The van der Waals surface area contributed by atoms with Crippen LogP contribution in [0.5, 0.6) is 0 Å².